The topological polar surface area (TPSA) is 17.3 Å². The number of benzene rings is 2. The lowest BCUT2D eigenvalue weighted by Crippen LogP contribution is -1.88. The van der Waals surface area contributed by atoms with Gasteiger partial charge in [0.1, 0.15) is 0 Å². The molecule has 2 nitrogen and oxygen atoms in total. The smallest absolute Gasteiger partial charge is 0.0817 e. The molecule has 0 aliphatic carbocycles. The van der Waals surface area contributed by atoms with Gasteiger partial charge in [-0.15, -0.1) is 0 Å². The largest absolute Gasteiger partial charge is 0.323 e. The monoisotopic (exact) mass is 314 g/mol. The highest BCUT2D eigenvalue weighted by atomic mass is 35.5. The Morgan fingerprint density at radius 3 is 2.52 bits per heavy atom. The van der Waals surface area contributed by atoms with Gasteiger partial charge < -0.3 is 4.57 Å². The maximum Gasteiger partial charge on any atom is 0.0817 e. The molecule has 0 aliphatic rings. The Morgan fingerprint density at radius 1 is 0.952 bits per heavy atom. The molecule has 0 aliphatic heterocycles. The summed E-state index contributed by atoms with van der Waals surface area (Å²) in [5, 5.41) is 1.15. The molecule has 0 N–H and O–H groups in total. The minimum Gasteiger partial charge on any atom is -0.323 e. The van der Waals surface area contributed by atoms with Crippen LogP contribution in [0.2, 0.25) is 10.0 Å². The molecule has 0 spiro atoms. The highest BCUT2D eigenvalue weighted by molar-refractivity contribution is 6.36. The van der Waals surface area contributed by atoms with E-state index in [2.05, 4.69) is 17.1 Å². The first kappa shape index (κ1) is 13.9. The zero-order chi connectivity index (χ0) is 14.7. The number of para-hydroxylation sites is 1. The van der Waals surface area contributed by atoms with Gasteiger partial charge in [0, 0.05) is 34.9 Å². The van der Waals surface area contributed by atoms with Gasteiger partial charge in [-0.3, -0.25) is 4.99 Å². The second kappa shape index (κ2) is 6.17. The zero-order valence-corrected chi connectivity index (χ0v) is 12.6. The number of aliphatic imine (C=N–C) groups is 1. The summed E-state index contributed by atoms with van der Waals surface area (Å²) in [4.78, 5) is 4.40. The van der Waals surface area contributed by atoms with Crippen molar-refractivity contribution in [3.05, 3.63) is 82.6 Å². The Morgan fingerprint density at radius 2 is 1.76 bits per heavy atom. The van der Waals surface area contributed by atoms with Crippen LogP contribution in [0.3, 0.4) is 0 Å². The highest BCUT2D eigenvalue weighted by Gasteiger charge is 2.00. The first-order valence-corrected chi connectivity index (χ1v) is 7.20. The molecular weight excluding hydrogens is 303 g/mol. The average Bonchev–Trinajstić information content (AvgIpc) is 2.96. The Bertz CT molecular complexity index is 776. The van der Waals surface area contributed by atoms with Gasteiger partial charge in [-0.05, 0) is 36.4 Å². The molecule has 0 saturated carbocycles. The zero-order valence-electron chi connectivity index (χ0n) is 11.1. The van der Waals surface area contributed by atoms with Gasteiger partial charge in [0.25, 0.3) is 0 Å². The third kappa shape index (κ3) is 3.35. The van der Waals surface area contributed by atoms with Crippen molar-refractivity contribution in [2.45, 2.75) is 0 Å². The normalized spacial score (nSPS) is 11.1. The molecule has 4 heteroatoms. The Hall–Kier alpha value is -2.03. The van der Waals surface area contributed by atoms with Crippen LogP contribution < -0.4 is 0 Å². The van der Waals surface area contributed by atoms with Crippen LogP contribution in [0.15, 0.2) is 72.0 Å². The van der Waals surface area contributed by atoms with Gasteiger partial charge >= 0.3 is 0 Å². The third-order valence-electron chi connectivity index (χ3n) is 3.03. The summed E-state index contributed by atoms with van der Waals surface area (Å²) >= 11 is 12.0. The highest BCUT2D eigenvalue weighted by Crippen LogP contribution is 2.27. The Labute approximate surface area is 133 Å². The first-order chi connectivity index (χ1) is 10.2. The molecule has 0 radical (unpaired) electrons. The van der Waals surface area contributed by atoms with E-state index in [0.29, 0.717) is 15.7 Å². The number of nitrogens with zero attached hydrogens (tertiary/aromatic N) is 2. The van der Waals surface area contributed by atoms with E-state index in [4.69, 9.17) is 23.2 Å². The van der Waals surface area contributed by atoms with E-state index in [9.17, 15) is 0 Å². The fourth-order valence-electron chi connectivity index (χ4n) is 1.98. The van der Waals surface area contributed by atoms with E-state index in [1.807, 2.05) is 41.2 Å². The molecule has 1 aromatic heterocycles. The van der Waals surface area contributed by atoms with Crippen LogP contribution in [-0.2, 0) is 0 Å². The van der Waals surface area contributed by atoms with Crippen molar-refractivity contribution in [3.63, 3.8) is 0 Å². The summed E-state index contributed by atoms with van der Waals surface area (Å²) in [6.45, 7) is 0. The van der Waals surface area contributed by atoms with Crippen LogP contribution >= 0.6 is 23.2 Å². The summed E-state index contributed by atoms with van der Waals surface area (Å²) in [5.41, 5.74) is 2.82. The van der Waals surface area contributed by atoms with Crippen LogP contribution in [0.5, 0.6) is 0 Å². The summed E-state index contributed by atoms with van der Waals surface area (Å²) in [6.07, 6.45) is 5.80. The van der Waals surface area contributed by atoms with Gasteiger partial charge in [0.2, 0.25) is 0 Å². The SMILES string of the molecule is Clc1ccc(N=Cc2ccn(-c3ccccc3)c2)c(Cl)c1. The second-order valence-electron chi connectivity index (χ2n) is 4.54. The van der Waals surface area contributed by atoms with Crippen LogP contribution in [0.4, 0.5) is 5.69 Å². The van der Waals surface area contributed by atoms with Gasteiger partial charge in [-0.25, -0.2) is 0 Å². The fourth-order valence-corrected chi connectivity index (χ4v) is 2.44. The van der Waals surface area contributed by atoms with E-state index < -0.39 is 0 Å². The Kier molecular flexibility index (Phi) is 4.09. The molecule has 3 aromatic rings. The van der Waals surface area contributed by atoms with E-state index in [-0.39, 0.29) is 0 Å². The molecule has 21 heavy (non-hydrogen) atoms. The van der Waals surface area contributed by atoms with E-state index in [0.717, 1.165) is 11.3 Å². The van der Waals surface area contributed by atoms with Gasteiger partial charge in [-0.1, -0.05) is 41.4 Å². The van der Waals surface area contributed by atoms with E-state index in [1.165, 1.54) is 0 Å². The lowest BCUT2D eigenvalue weighted by molar-refractivity contribution is 1.08. The number of rotatable bonds is 3. The minimum atomic E-state index is 0.543. The maximum absolute atomic E-state index is 6.09. The third-order valence-corrected chi connectivity index (χ3v) is 3.57. The van der Waals surface area contributed by atoms with Gasteiger partial charge in [0.05, 0.1) is 10.7 Å². The second-order valence-corrected chi connectivity index (χ2v) is 5.39. The number of aromatic nitrogens is 1. The van der Waals surface area contributed by atoms with Crippen molar-refractivity contribution in [3.8, 4) is 5.69 Å². The molecule has 104 valence electrons. The van der Waals surface area contributed by atoms with Crippen LogP contribution in [0.1, 0.15) is 5.56 Å². The molecule has 3 rings (SSSR count). The molecule has 0 atom stereocenters. The molecule has 0 fully saturated rings. The Balaban J connectivity index is 1.83. The van der Waals surface area contributed by atoms with Crippen LogP contribution in [0, 0.1) is 0 Å². The quantitative estimate of drug-likeness (QED) is 0.565. The van der Waals surface area contributed by atoms with Gasteiger partial charge in [0.15, 0.2) is 0 Å². The summed E-state index contributed by atoms with van der Waals surface area (Å²) in [5.74, 6) is 0. The summed E-state index contributed by atoms with van der Waals surface area (Å²) in [6, 6.07) is 17.4. The molecule has 1 heterocycles. The van der Waals surface area contributed by atoms with Crippen molar-refractivity contribution in [2.75, 3.05) is 0 Å². The first-order valence-electron chi connectivity index (χ1n) is 6.45. The predicted octanol–water partition coefficient (Wildman–Crippen LogP) is 5.53. The van der Waals surface area contributed by atoms with Crippen molar-refractivity contribution < 1.29 is 0 Å². The summed E-state index contributed by atoms with van der Waals surface area (Å²) < 4.78 is 2.05. The standard InChI is InChI=1S/C17H12Cl2N2/c18-14-6-7-17(16(19)10-14)20-11-13-8-9-21(12-13)15-4-2-1-3-5-15/h1-12H. The molecule has 0 saturated heterocycles. The van der Waals surface area contributed by atoms with Crippen molar-refractivity contribution in [1.82, 2.24) is 4.57 Å². The molecule has 0 bridgehead atoms. The number of hydrogen-bond donors (Lipinski definition) is 0. The summed E-state index contributed by atoms with van der Waals surface area (Å²) in [7, 11) is 0. The molecule has 0 amide bonds. The van der Waals surface area contributed by atoms with Crippen molar-refractivity contribution in [2.24, 2.45) is 4.99 Å². The van der Waals surface area contributed by atoms with E-state index >= 15 is 0 Å². The average molecular weight is 315 g/mol. The molecule has 2 aromatic carbocycles. The van der Waals surface area contributed by atoms with Crippen molar-refractivity contribution >= 4 is 35.1 Å². The number of halogens is 2. The van der Waals surface area contributed by atoms with E-state index in [1.54, 1.807) is 24.4 Å². The number of hydrogen-bond acceptors (Lipinski definition) is 1. The molecular formula is C17H12Cl2N2. The lowest BCUT2D eigenvalue weighted by atomic mass is 10.3. The minimum absolute atomic E-state index is 0.543. The van der Waals surface area contributed by atoms with Gasteiger partial charge in [-0.2, -0.15) is 0 Å². The lowest BCUT2D eigenvalue weighted by Gasteiger charge is -2.00. The predicted molar refractivity (Wildman–Crippen MR) is 89.5 cm³/mol. The van der Waals surface area contributed by atoms with Crippen LogP contribution in [-0.4, -0.2) is 10.8 Å². The van der Waals surface area contributed by atoms with Crippen molar-refractivity contribution in [1.29, 1.82) is 0 Å². The molecule has 0 unspecified atom stereocenters. The van der Waals surface area contributed by atoms with Crippen LogP contribution in [0.25, 0.3) is 5.69 Å². The maximum atomic E-state index is 6.09. The fraction of sp³-hybridized carbons (Fsp3) is 0.